The lowest BCUT2D eigenvalue weighted by molar-refractivity contribution is -0.124. The number of rotatable bonds is 6. The predicted molar refractivity (Wildman–Crippen MR) is 102 cm³/mol. The normalized spacial score (nSPS) is 19.5. The number of carbonyl (C=O) groups is 2. The Balaban J connectivity index is 2.13. The SMILES string of the molecule is COCCN1C(=O)c2ccccc2C(C(=O)NC(C)C)C1c1cccs1. The second kappa shape index (κ2) is 8.01. The second-order valence-corrected chi connectivity index (χ2v) is 7.66. The molecule has 138 valence electrons. The maximum Gasteiger partial charge on any atom is 0.254 e. The highest BCUT2D eigenvalue weighted by Gasteiger charge is 2.44. The van der Waals surface area contributed by atoms with Crippen LogP contribution in [0.1, 0.15) is 46.6 Å². The molecule has 2 unspecified atom stereocenters. The molecule has 2 atom stereocenters. The summed E-state index contributed by atoms with van der Waals surface area (Å²) in [4.78, 5) is 29.1. The van der Waals surface area contributed by atoms with Gasteiger partial charge in [0.25, 0.3) is 5.91 Å². The molecule has 2 heterocycles. The maximum atomic E-state index is 13.2. The van der Waals surface area contributed by atoms with Crippen molar-refractivity contribution in [1.29, 1.82) is 0 Å². The Labute approximate surface area is 158 Å². The zero-order valence-corrected chi connectivity index (χ0v) is 16.1. The summed E-state index contributed by atoms with van der Waals surface area (Å²) in [5, 5.41) is 5.01. The number of carbonyl (C=O) groups excluding carboxylic acids is 2. The van der Waals surface area contributed by atoms with Crippen LogP contribution in [0.5, 0.6) is 0 Å². The number of hydrogen-bond acceptors (Lipinski definition) is 4. The van der Waals surface area contributed by atoms with Gasteiger partial charge in [-0.3, -0.25) is 9.59 Å². The fourth-order valence-electron chi connectivity index (χ4n) is 3.46. The van der Waals surface area contributed by atoms with E-state index >= 15 is 0 Å². The molecule has 6 heteroatoms. The van der Waals surface area contributed by atoms with Gasteiger partial charge in [-0.05, 0) is 36.9 Å². The highest BCUT2D eigenvalue weighted by Crippen LogP contribution is 2.44. The molecule has 2 aromatic rings. The zero-order valence-electron chi connectivity index (χ0n) is 15.3. The Morgan fingerprint density at radius 1 is 1.27 bits per heavy atom. The number of thiophene rings is 1. The van der Waals surface area contributed by atoms with Crippen molar-refractivity contribution >= 4 is 23.2 Å². The second-order valence-electron chi connectivity index (χ2n) is 6.68. The number of nitrogens with zero attached hydrogens (tertiary/aromatic N) is 1. The summed E-state index contributed by atoms with van der Waals surface area (Å²) in [5.74, 6) is -0.549. The van der Waals surface area contributed by atoms with Gasteiger partial charge in [0.2, 0.25) is 5.91 Å². The van der Waals surface area contributed by atoms with Crippen molar-refractivity contribution in [3.8, 4) is 0 Å². The van der Waals surface area contributed by atoms with Crippen molar-refractivity contribution in [3.05, 3.63) is 57.8 Å². The molecule has 0 radical (unpaired) electrons. The minimum atomic E-state index is -0.443. The topological polar surface area (TPSA) is 58.6 Å². The molecular formula is C20H24N2O3S. The zero-order chi connectivity index (χ0) is 18.7. The third-order valence-electron chi connectivity index (χ3n) is 4.52. The van der Waals surface area contributed by atoms with Gasteiger partial charge >= 0.3 is 0 Å². The van der Waals surface area contributed by atoms with E-state index in [1.165, 1.54) is 0 Å². The molecule has 0 spiro atoms. The minimum absolute atomic E-state index is 0.0312. The average Bonchev–Trinajstić information content (AvgIpc) is 3.14. The van der Waals surface area contributed by atoms with E-state index in [1.807, 2.05) is 49.6 Å². The molecule has 5 nitrogen and oxygen atoms in total. The number of benzene rings is 1. The van der Waals surface area contributed by atoms with Crippen molar-refractivity contribution in [3.63, 3.8) is 0 Å². The Morgan fingerprint density at radius 3 is 2.69 bits per heavy atom. The van der Waals surface area contributed by atoms with Crippen LogP contribution in [0.4, 0.5) is 0 Å². The number of ether oxygens (including phenoxy) is 1. The minimum Gasteiger partial charge on any atom is -0.383 e. The molecule has 1 aromatic heterocycles. The van der Waals surface area contributed by atoms with E-state index in [-0.39, 0.29) is 23.9 Å². The maximum absolute atomic E-state index is 13.2. The van der Waals surface area contributed by atoms with Gasteiger partial charge in [-0.1, -0.05) is 24.3 Å². The van der Waals surface area contributed by atoms with Crippen molar-refractivity contribution in [1.82, 2.24) is 10.2 Å². The highest BCUT2D eigenvalue weighted by atomic mass is 32.1. The lowest BCUT2D eigenvalue weighted by Crippen LogP contribution is -2.49. The number of nitrogens with one attached hydrogen (secondary N) is 1. The lowest BCUT2D eigenvalue weighted by Gasteiger charge is -2.41. The van der Waals surface area contributed by atoms with Crippen LogP contribution in [0.3, 0.4) is 0 Å². The quantitative estimate of drug-likeness (QED) is 0.847. The smallest absolute Gasteiger partial charge is 0.254 e. The standard InChI is InChI=1S/C20H24N2O3S/c1-13(2)21-19(23)17-14-7-4-5-8-15(14)20(24)22(10-11-25-3)18(17)16-9-6-12-26-16/h4-9,12-13,17-18H,10-11H2,1-3H3,(H,21,23). The van der Waals surface area contributed by atoms with Crippen LogP contribution >= 0.6 is 11.3 Å². The fraction of sp³-hybridized carbons (Fsp3) is 0.400. The number of fused-ring (bicyclic) bond motifs is 1. The Kier molecular flexibility index (Phi) is 5.74. The van der Waals surface area contributed by atoms with E-state index in [0.717, 1.165) is 10.4 Å². The van der Waals surface area contributed by atoms with E-state index in [1.54, 1.807) is 29.4 Å². The van der Waals surface area contributed by atoms with Crippen molar-refractivity contribution in [2.45, 2.75) is 31.8 Å². The van der Waals surface area contributed by atoms with Gasteiger partial charge in [-0.2, -0.15) is 0 Å². The van der Waals surface area contributed by atoms with Crippen LogP contribution in [0.25, 0.3) is 0 Å². The van der Waals surface area contributed by atoms with E-state index in [2.05, 4.69) is 5.32 Å². The largest absolute Gasteiger partial charge is 0.383 e. The van der Waals surface area contributed by atoms with E-state index in [0.29, 0.717) is 18.7 Å². The summed E-state index contributed by atoms with van der Waals surface area (Å²) in [6.45, 7) is 4.76. The average molecular weight is 372 g/mol. The molecule has 0 saturated heterocycles. The number of amides is 2. The van der Waals surface area contributed by atoms with Gasteiger partial charge in [-0.25, -0.2) is 0 Å². The third kappa shape index (κ3) is 3.52. The van der Waals surface area contributed by atoms with Crippen LogP contribution in [0.2, 0.25) is 0 Å². The molecule has 1 N–H and O–H groups in total. The monoisotopic (exact) mass is 372 g/mol. The summed E-state index contributed by atoms with van der Waals surface area (Å²) in [7, 11) is 1.62. The van der Waals surface area contributed by atoms with Gasteiger partial charge in [0.15, 0.2) is 0 Å². The molecule has 1 aromatic carbocycles. The van der Waals surface area contributed by atoms with E-state index in [9.17, 15) is 9.59 Å². The van der Waals surface area contributed by atoms with Crippen LogP contribution in [0.15, 0.2) is 41.8 Å². The van der Waals surface area contributed by atoms with Crippen molar-refractivity contribution in [2.24, 2.45) is 0 Å². The molecule has 26 heavy (non-hydrogen) atoms. The lowest BCUT2D eigenvalue weighted by atomic mass is 9.81. The summed E-state index contributed by atoms with van der Waals surface area (Å²) >= 11 is 1.57. The van der Waals surface area contributed by atoms with Gasteiger partial charge in [0, 0.05) is 30.1 Å². The van der Waals surface area contributed by atoms with Crippen LogP contribution in [0, 0.1) is 0 Å². The molecule has 0 bridgehead atoms. The van der Waals surface area contributed by atoms with Crippen LogP contribution in [-0.4, -0.2) is 43.0 Å². The van der Waals surface area contributed by atoms with E-state index < -0.39 is 5.92 Å². The first-order chi connectivity index (χ1) is 12.5. The van der Waals surface area contributed by atoms with Gasteiger partial charge in [0.05, 0.1) is 18.6 Å². The molecule has 0 fully saturated rings. The summed E-state index contributed by atoms with van der Waals surface area (Å²) in [6.07, 6.45) is 0. The Hall–Kier alpha value is -2.18. The molecule has 2 amide bonds. The Morgan fingerprint density at radius 2 is 2.04 bits per heavy atom. The number of hydrogen-bond donors (Lipinski definition) is 1. The highest BCUT2D eigenvalue weighted by molar-refractivity contribution is 7.10. The predicted octanol–water partition coefficient (Wildman–Crippen LogP) is 3.20. The van der Waals surface area contributed by atoms with Crippen molar-refractivity contribution < 1.29 is 14.3 Å². The fourth-order valence-corrected chi connectivity index (χ4v) is 4.33. The molecule has 1 aliphatic heterocycles. The summed E-state index contributed by atoms with van der Waals surface area (Å²) in [5.41, 5.74) is 1.39. The first-order valence-corrected chi connectivity index (χ1v) is 9.65. The summed E-state index contributed by atoms with van der Waals surface area (Å²) < 4.78 is 5.22. The van der Waals surface area contributed by atoms with Gasteiger partial charge < -0.3 is 15.0 Å². The molecule has 0 aliphatic carbocycles. The molecule has 0 saturated carbocycles. The van der Waals surface area contributed by atoms with Crippen LogP contribution < -0.4 is 5.32 Å². The van der Waals surface area contributed by atoms with Gasteiger partial charge in [0.1, 0.15) is 0 Å². The molecule has 1 aliphatic rings. The first-order valence-electron chi connectivity index (χ1n) is 8.77. The Bertz CT molecular complexity index is 773. The third-order valence-corrected chi connectivity index (χ3v) is 5.47. The molecular weight excluding hydrogens is 348 g/mol. The van der Waals surface area contributed by atoms with Gasteiger partial charge in [-0.15, -0.1) is 11.3 Å². The number of methoxy groups -OCH3 is 1. The van der Waals surface area contributed by atoms with Crippen LogP contribution in [-0.2, 0) is 9.53 Å². The molecule has 3 rings (SSSR count). The van der Waals surface area contributed by atoms with Crippen molar-refractivity contribution in [2.75, 3.05) is 20.3 Å². The van der Waals surface area contributed by atoms with E-state index in [4.69, 9.17) is 4.74 Å². The summed E-state index contributed by atoms with van der Waals surface area (Å²) in [6, 6.07) is 11.1. The first kappa shape index (κ1) is 18.6.